The van der Waals surface area contributed by atoms with Gasteiger partial charge in [-0.25, -0.2) is 10.4 Å². The molecule has 0 radical (unpaired) electrons. The smallest absolute Gasteiger partial charge is 0.325 e. The predicted molar refractivity (Wildman–Crippen MR) is 146 cm³/mol. The molecule has 0 amide bonds. The van der Waals surface area contributed by atoms with Crippen molar-refractivity contribution in [2.24, 2.45) is 0 Å². The van der Waals surface area contributed by atoms with E-state index in [0.29, 0.717) is 5.56 Å². The summed E-state index contributed by atoms with van der Waals surface area (Å²) in [6, 6.07) is 31.7. The Balaban J connectivity index is 1.57. The molecule has 0 aliphatic rings. The molecule has 0 spiro atoms. The van der Waals surface area contributed by atoms with E-state index in [0.717, 1.165) is 16.7 Å². The van der Waals surface area contributed by atoms with Crippen molar-refractivity contribution in [1.82, 2.24) is 10.4 Å². The summed E-state index contributed by atoms with van der Waals surface area (Å²) in [7, 11) is 0. The van der Waals surface area contributed by atoms with Gasteiger partial charge in [-0.1, -0.05) is 97.1 Å². The van der Waals surface area contributed by atoms with Gasteiger partial charge < -0.3 is 24.8 Å². The Morgan fingerprint density at radius 3 is 1.87 bits per heavy atom. The number of phenolic OH excluding ortho intramolecular Hbond substituents is 2. The highest BCUT2D eigenvalue weighted by molar-refractivity contribution is 5.76. The number of esters is 1. The van der Waals surface area contributed by atoms with Gasteiger partial charge in [-0.15, -0.1) is 0 Å². The molecule has 0 aliphatic heterocycles. The molecular formula is C31H32N2O6. The molecule has 0 fully saturated rings. The molecule has 8 heteroatoms. The number of aromatic hydroxyl groups is 2. The number of carbonyl (C=O) groups is 1. The number of nitrogens with one attached hydrogen (secondary N) is 1. The fourth-order valence-corrected chi connectivity index (χ4v) is 4.02. The number of phenols is 2. The van der Waals surface area contributed by atoms with Gasteiger partial charge in [0.1, 0.15) is 12.6 Å². The molecule has 8 nitrogen and oxygen atoms in total. The van der Waals surface area contributed by atoms with Crippen molar-refractivity contribution in [2.45, 2.75) is 38.6 Å². The fraction of sp³-hybridized carbons (Fsp3) is 0.194. The summed E-state index contributed by atoms with van der Waals surface area (Å²) >= 11 is 0. The molecule has 1 unspecified atom stereocenters. The minimum atomic E-state index is -1.42. The molecule has 202 valence electrons. The maximum atomic E-state index is 13.5. The van der Waals surface area contributed by atoms with E-state index in [9.17, 15) is 20.1 Å². The zero-order chi connectivity index (χ0) is 27.5. The van der Waals surface area contributed by atoms with Crippen LogP contribution in [0.3, 0.4) is 0 Å². The monoisotopic (exact) mass is 528 g/mol. The summed E-state index contributed by atoms with van der Waals surface area (Å²) in [5.74, 6) is -1.09. The standard InChI is InChI=1S/C31H32N2O6/c34-28-17-16-26(19-29(28)35)18-27(30(36)38-21-24-12-6-2-7-13-24)33(20-23-10-4-1-5-11-23)32-31(37)39-22-25-14-8-3-9-15-25/h1-17,19,27,31-32,34-35,37H,18,20-22H2/t27-,31?/m0/s1. The number of hydrogen-bond acceptors (Lipinski definition) is 8. The number of hydrazine groups is 1. The Labute approximate surface area is 227 Å². The van der Waals surface area contributed by atoms with Crippen molar-refractivity contribution >= 4 is 5.97 Å². The maximum Gasteiger partial charge on any atom is 0.325 e. The van der Waals surface area contributed by atoms with Crippen LogP contribution >= 0.6 is 0 Å². The minimum Gasteiger partial charge on any atom is -0.504 e. The molecule has 0 aliphatic carbocycles. The van der Waals surface area contributed by atoms with Gasteiger partial charge in [0.05, 0.1) is 6.61 Å². The highest BCUT2D eigenvalue weighted by Crippen LogP contribution is 2.26. The van der Waals surface area contributed by atoms with Crippen LogP contribution < -0.4 is 5.43 Å². The lowest BCUT2D eigenvalue weighted by atomic mass is 10.0. The SMILES string of the molecule is O=C(OCc1ccccc1)[C@H](Cc1ccc(O)c(O)c1)N(Cc1ccccc1)NC(O)OCc1ccccc1. The van der Waals surface area contributed by atoms with Crippen LogP contribution in [-0.2, 0) is 40.4 Å². The van der Waals surface area contributed by atoms with Crippen LogP contribution in [0.5, 0.6) is 11.5 Å². The van der Waals surface area contributed by atoms with E-state index in [1.807, 2.05) is 91.0 Å². The van der Waals surface area contributed by atoms with Crippen LogP contribution in [0.4, 0.5) is 0 Å². The highest BCUT2D eigenvalue weighted by atomic mass is 16.6. The molecule has 0 heterocycles. The quantitative estimate of drug-likeness (QED) is 0.0882. The Hall–Kier alpha value is -4.21. The third kappa shape index (κ3) is 8.66. The van der Waals surface area contributed by atoms with E-state index in [2.05, 4.69) is 5.43 Å². The summed E-state index contributed by atoms with van der Waals surface area (Å²) in [5, 5.41) is 32.1. The van der Waals surface area contributed by atoms with Gasteiger partial charge in [-0.05, 0) is 34.4 Å². The molecule has 39 heavy (non-hydrogen) atoms. The molecule has 2 atom stereocenters. The van der Waals surface area contributed by atoms with Crippen LogP contribution in [0, 0.1) is 0 Å². The average Bonchev–Trinajstić information content (AvgIpc) is 2.97. The molecule has 4 rings (SSSR count). The van der Waals surface area contributed by atoms with E-state index in [1.54, 1.807) is 11.1 Å². The lowest BCUT2D eigenvalue weighted by Crippen LogP contribution is -2.54. The number of hydrogen-bond donors (Lipinski definition) is 4. The Morgan fingerprint density at radius 2 is 1.28 bits per heavy atom. The van der Waals surface area contributed by atoms with E-state index in [-0.39, 0.29) is 37.7 Å². The minimum absolute atomic E-state index is 0.0727. The normalized spacial score (nSPS) is 12.7. The Morgan fingerprint density at radius 1 is 0.718 bits per heavy atom. The second-order valence-corrected chi connectivity index (χ2v) is 9.03. The number of nitrogens with zero attached hydrogens (tertiary/aromatic N) is 1. The first-order valence-corrected chi connectivity index (χ1v) is 12.6. The van der Waals surface area contributed by atoms with Crippen molar-refractivity contribution < 1.29 is 29.6 Å². The van der Waals surface area contributed by atoms with Crippen LogP contribution in [0.15, 0.2) is 109 Å². The molecule has 0 saturated heterocycles. The first-order valence-electron chi connectivity index (χ1n) is 12.6. The zero-order valence-electron chi connectivity index (χ0n) is 21.4. The average molecular weight is 529 g/mol. The van der Waals surface area contributed by atoms with E-state index < -0.39 is 18.4 Å². The van der Waals surface area contributed by atoms with Gasteiger partial charge in [0.25, 0.3) is 0 Å². The van der Waals surface area contributed by atoms with Gasteiger partial charge in [0.2, 0.25) is 6.41 Å². The van der Waals surface area contributed by atoms with Crippen molar-refractivity contribution in [3.8, 4) is 11.5 Å². The van der Waals surface area contributed by atoms with Crippen molar-refractivity contribution in [3.05, 3.63) is 131 Å². The third-order valence-electron chi connectivity index (χ3n) is 6.06. The summed E-state index contributed by atoms with van der Waals surface area (Å²) in [6.45, 7) is 0.466. The first kappa shape index (κ1) is 27.8. The number of aliphatic hydroxyl groups excluding tert-OH is 1. The van der Waals surface area contributed by atoms with Gasteiger partial charge in [0, 0.05) is 13.0 Å². The second-order valence-electron chi connectivity index (χ2n) is 9.03. The zero-order valence-corrected chi connectivity index (χ0v) is 21.4. The molecule has 4 aromatic rings. The van der Waals surface area contributed by atoms with Crippen LogP contribution in [0.25, 0.3) is 0 Å². The molecule has 0 bridgehead atoms. The van der Waals surface area contributed by atoms with Crippen molar-refractivity contribution in [3.63, 3.8) is 0 Å². The Kier molecular flexibility index (Phi) is 10.0. The first-order chi connectivity index (χ1) is 19.0. The largest absolute Gasteiger partial charge is 0.504 e. The van der Waals surface area contributed by atoms with Gasteiger partial charge in [-0.2, -0.15) is 0 Å². The van der Waals surface area contributed by atoms with E-state index in [1.165, 1.54) is 12.1 Å². The van der Waals surface area contributed by atoms with Crippen LogP contribution in [0.2, 0.25) is 0 Å². The highest BCUT2D eigenvalue weighted by Gasteiger charge is 2.30. The summed E-state index contributed by atoms with van der Waals surface area (Å²) < 4.78 is 11.3. The van der Waals surface area contributed by atoms with Crippen molar-refractivity contribution in [1.29, 1.82) is 0 Å². The Bertz CT molecular complexity index is 1300. The number of ether oxygens (including phenoxy) is 2. The maximum absolute atomic E-state index is 13.5. The number of benzene rings is 4. The topological polar surface area (TPSA) is 111 Å². The van der Waals surface area contributed by atoms with Crippen LogP contribution in [-0.4, -0.2) is 38.8 Å². The van der Waals surface area contributed by atoms with Gasteiger partial charge in [0.15, 0.2) is 11.5 Å². The van der Waals surface area contributed by atoms with Crippen LogP contribution in [0.1, 0.15) is 22.3 Å². The van der Waals surface area contributed by atoms with Gasteiger partial charge >= 0.3 is 5.97 Å². The molecule has 0 saturated carbocycles. The van der Waals surface area contributed by atoms with E-state index >= 15 is 0 Å². The molecular weight excluding hydrogens is 496 g/mol. The summed E-state index contributed by atoms with van der Waals surface area (Å²) in [5.41, 5.74) is 6.10. The molecule has 4 N–H and O–H groups in total. The third-order valence-corrected chi connectivity index (χ3v) is 6.06. The predicted octanol–water partition coefficient (Wildman–Crippen LogP) is 4.25. The number of aliphatic hydroxyl groups is 1. The fourth-order valence-electron chi connectivity index (χ4n) is 4.02. The lowest BCUT2D eigenvalue weighted by Gasteiger charge is -2.32. The summed E-state index contributed by atoms with van der Waals surface area (Å²) in [4.78, 5) is 13.5. The second kappa shape index (κ2) is 14.1. The van der Waals surface area contributed by atoms with Gasteiger partial charge in [-0.3, -0.25) is 4.79 Å². The lowest BCUT2D eigenvalue weighted by molar-refractivity contribution is -0.180. The molecule has 4 aromatic carbocycles. The summed E-state index contributed by atoms with van der Waals surface area (Å²) in [6.07, 6.45) is -1.31. The number of rotatable bonds is 13. The van der Waals surface area contributed by atoms with Crippen molar-refractivity contribution in [2.75, 3.05) is 0 Å². The van der Waals surface area contributed by atoms with E-state index in [4.69, 9.17) is 9.47 Å². The molecule has 0 aromatic heterocycles. The number of carbonyl (C=O) groups excluding carboxylic acids is 1.